The van der Waals surface area contributed by atoms with E-state index in [9.17, 15) is 4.79 Å². The molecule has 0 aliphatic heterocycles. The molecule has 0 aromatic heterocycles. The summed E-state index contributed by atoms with van der Waals surface area (Å²) in [7, 11) is 0. The monoisotopic (exact) mass is 589 g/mol. The van der Waals surface area contributed by atoms with Gasteiger partial charge in [0.2, 0.25) is 0 Å². The van der Waals surface area contributed by atoms with Gasteiger partial charge in [0.05, 0.1) is 0 Å². The van der Waals surface area contributed by atoms with Crippen molar-refractivity contribution < 1.29 is 126 Å². The molecule has 14 heteroatoms. The van der Waals surface area contributed by atoms with E-state index in [4.69, 9.17) is 55.9 Å². The summed E-state index contributed by atoms with van der Waals surface area (Å²) in [6, 6.07) is -0.690. The van der Waals surface area contributed by atoms with E-state index in [0.29, 0.717) is 12.3 Å². The van der Waals surface area contributed by atoms with Gasteiger partial charge in [-0.3, -0.25) is 4.79 Å². The molecule has 0 fully saturated rings. The van der Waals surface area contributed by atoms with Crippen molar-refractivity contribution in [3.8, 4) is 0 Å². The van der Waals surface area contributed by atoms with E-state index in [1.807, 2.05) is 13.8 Å². The van der Waals surface area contributed by atoms with Gasteiger partial charge in [0, 0.05) is 0 Å². The molecule has 23 heavy (non-hydrogen) atoms. The molecule has 0 amide bonds. The number of carboxylic acid groups (broad SMARTS) is 7. The minimum Gasteiger partial charge on any atom is -0.652 e. The Morgan fingerprint density at radius 2 is 1.00 bits per heavy atom. The largest absolute Gasteiger partial charge is 3.00 e. The standard InChI is InChI=1S/C6H13NO2.3CH2O3.2La/c1-4(2)3-5(7)6(8)9;3*2-1(3)4;;/h4-5H,3,7H2,1-2H3,(H,8,9);3*(H2,2,3,4);;/q;;;;2*+3/p-6/t5-;;;;;/m0...../s1. The van der Waals surface area contributed by atoms with Crippen LogP contribution in [0.3, 0.4) is 0 Å². The van der Waals surface area contributed by atoms with Crippen LogP contribution in [0.1, 0.15) is 20.3 Å². The maximum atomic E-state index is 10.1. The molecule has 0 heterocycles. The first-order valence-corrected chi connectivity index (χ1v) is 4.86. The average molecular weight is 589 g/mol. The molecule has 0 aliphatic carbocycles. The van der Waals surface area contributed by atoms with Crippen molar-refractivity contribution in [1.82, 2.24) is 0 Å². The average Bonchev–Trinajstić information content (AvgIpc) is 2.12. The third-order valence-corrected chi connectivity index (χ3v) is 1.04. The maximum absolute atomic E-state index is 10.1. The fourth-order valence-corrected chi connectivity index (χ4v) is 0.609. The minimum atomic E-state index is -2.33. The predicted octanol–water partition coefficient (Wildman–Crippen LogP) is -6.90. The zero-order valence-electron chi connectivity index (χ0n) is 12.1. The number of carboxylic acids is 1. The summed E-state index contributed by atoms with van der Waals surface area (Å²) in [5, 5.41) is 58.3. The molecule has 0 aromatic rings. The Hall–Kier alpha value is -0.370. The molecular formula is C9H13La2NO11. The summed E-state index contributed by atoms with van der Waals surface area (Å²) in [5.41, 5.74) is 5.22. The molecule has 0 aromatic carbocycles. The Labute approximate surface area is 186 Å². The van der Waals surface area contributed by atoms with Crippen LogP contribution in [-0.4, -0.2) is 35.6 Å². The van der Waals surface area contributed by atoms with Gasteiger partial charge in [-0.2, -0.15) is 0 Å². The predicted molar refractivity (Wildman–Crippen MR) is 51.3 cm³/mol. The maximum Gasteiger partial charge on any atom is 3.00 e. The summed E-state index contributed by atoms with van der Waals surface area (Å²) in [5.74, 6) is -0.556. The normalized spacial score (nSPS) is 8.52. The second-order valence-corrected chi connectivity index (χ2v) is 3.32. The van der Waals surface area contributed by atoms with Crippen molar-refractivity contribution in [3.05, 3.63) is 0 Å². The summed E-state index contributed by atoms with van der Waals surface area (Å²) >= 11 is 0. The van der Waals surface area contributed by atoms with Crippen LogP contribution in [0.5, 0.6) is 0 Å². The fourth-order valence-electron chi connectivity index (χ4n) is 0.609. The third-order valence-electron chi connectivity index (χ3n) is 1.04. The molecule has 126 valence electrons. The van der Waals surface area contributed by atoms with E-state index >= 15 is 0 Å². The van der Waals surface area contributed by atoms with Crippen molar-refractivity contribution in [2.75, 3.05) is 0 Å². The number of rotatable bonds is 3. The van der Waals surface area contributed by atoms with Gasteiger partial charge in [-0.15, -0.1) is 0 Å². The van der Waals surface area contributed by atoms with Crippen LogP contribution in [0.25, 0.3) is 0 Å². The van der Waals surface area contributed by atoms with Gasteiger partial charge in [0.25, 0.3) is 0 Å². The fraction of sp³-hybridized carbons (Fsp3) is 0.556. The zero-order valence-corrected chi connectivity index (χ0v) is 19.4. The Kier molecular flexibility index (Phi) is 44.1. The molecule has 0 saturated carbocycles. The second-order valence-electron chi connectivity index (χ2n) is 3.32. The Bertz CT molecular complexity index is 284. The van der Waals surface area contributed by atoms with E-state index in [1.54, 1.807) is 0 Å². The van der Waals surface area contributed by atoms with Gasteiger partial charge in [-0.1, -0.05) is 13.8 Å². The van der Waals surface area contributed by atoms with E-state index in [2.05, 4.69) is 0 Å². The van der Waals surface area contributed by atoms with Crippen molar-refractivity contribution in [1.29, 1.82) is 0 Å². The van der Waals surface area contributed by atoms with Crippen LogP contribution >= 0.6 is 0 Å². The zero-order chi connectivity index (χ0) is 18.2. The number of hydrogen-bond donors (Lipinski definition) is 2. The van der Waals surface area contributed by atoms with Crippen molar-refractivity contribution in [3.63, 3.8) is 0 Å². The SMILES string of the molecule is CC(C)C[C@H](N)C(=O)O.O=C([O-])[O-].O=C([O-])[O-].O=C([O-])[O-].[La+3].[La+3]. The van der Waals surface area contributed by atoms with Crippen molar-refractivity contribution >= 4 is 24.4 Å². The molecule has 0 spiro atoms. The van der Waals surface area contributed by atoms with Crippen LogP contribution in [0.2, 0.25) is 0 Å². The van der Waals surface area contributed by atoms with Crippen molar-refractivity contribution in [2.24, 2.45) is 11.7 Å². The number of aliphatic carboxylic acids is 1. The molecule has 12 nitrogen and oxygen atoms in total. The van der Waals surface area contributed by atoms with Gasteiger partial charge in [-0.05, 0) is 30.8 Å². The van der Waals surface area contributed by atoms with Crippen LogP contribution in [-0.2, 0) is 4.79 Å². The summed E-state index contributed by atoms with van der Waals surface area (Å²) < 4.78 is 0. The van der Waals surface area contributed by atoms with Gasteiger partial charge < -0.3 is 55.9 Å². The van der Waals surface area contributed by atoms with E-state index in [1.165, 1.54) is 0 Å². The summed E-state index contributed by atoms with van der Waals surface area (Å²) in [4.78, 5) is 35.1. The molecule has 0 bridgehead atoms. The van der Waals surface area contributed by atoms with Crippen LogP contribution < -0.4 is 36.4 Å². The van der Waals surface area contributed by atoms with Crippen molar-refractivity contribution in [2.45, 2.75) is 26.3 Å². The molecule has 0 radical (unpaired) electrons. The molecule has 0 rings (SSSR count). The first-order chi connectivity index (χ1) is 9.23. The first kappa shape index (κ1) is 38.3. The molecule has 1 atom stereocenters. The molecule has 0 saturated heterocycles. The van der Waals surface area contributed by atoms with Crippen LogP contribution in [0.4, 0.5) is 14.4 Å². The quantitative estimate of drug-likeness (QED) is 0.312. The third kappa shape index (κ3) is 143. The Morgan fingerprint density at radius 3 is 1.04 bits per heavy atom. The molecular weight excluding hydrogens is 576 g/mol. The topological polar surface area (TPSA) is 253 Å². The number of hydrogen-bond acceptors (Lipinski definition) is 11. The van der Waals surface area contributed by atoms with Gasteiger partial charge in [-0.25, -0.2) is 0 Å². The summed E-state index contributed by atoms with van der Waals surface area (Å²) in [6.07, 6.45) is -6.45. The van der Waals surface area contributed by atoms with E-state index in [0.717, 1.165) is 0 Å². The molecule has 0 aliphatic rings. The van der Waals surface area contributed by atoms with Gasteiger partial charge >= 0.3 is 77.2 Å². The Balaban J connectivity index is -0.0000000444. The number of carbonyl (C=O) groups is 4. The smallest absolute Gasteiger partial charge is 0.652 e. The van der Waals surface area contributed by atoms with Gasteiger partial charge in [0.1, 0.15) is 6.04 Å². The van der Waals surface area contributed by atoms with E-state index < -0.39 is 30.5 Å². The van der Waals surface area contributed by atoms with Gasteiger partial charge in [0.15, 0.2) is 0 Å². The first-order valence-electron chi connectivity index (χ1n) is 4.86. The van der Waals surface area contributed by atoms with Crippen LogP contribution in [0, 0.1) is 77.1 Å². The second kappa shape index (κ2) is 26.5. The van der Waals surface area contributed by atoms with Crippen LogP contribution in [0.15, 0.2) is 0 Å². The molecule has 0 unspecified atom stereocenters. The van der Waals surface area contributed by atoms with E-state index in [-0.39, 0.29) is 71.2 Å². The summed E-state index contributed by atoms with van der Waals surface area (Å²) in [6.45, 7) is 3.89. The Morgan fingerprint density at radius 1 is 0.826 bits per heavy atom. The minimum absolute atomic E-state index is 0. The number of carbonyl (C=O) groups excluding carboxylic acids is 3. The number of nitrogens with two attached hydrogens (primary N) is 1. The molecule has 3 N–H and O–H groups in total.